The van der Waals surface area contributed by atoms with Crippen LogP contribution in [0, 0.1) is 61.1 Å². The van der Waals surface area contributed by atoms with Crippen LogP contribution in [-0.4, -0.2) is 202 Å². The summed E-state index contributed by atoms with van der Waals surface area (Å²) >= 11 is 20.5. The molecule has 0 spiro atoms. The monoisotopic (exact) mass is 2180 g/mol. The van der Waals surface area contributed by atoms with Crippen molar-refractivity contribution in [3.05, 3.63) is 420 Å². The molecule has 15 rings (SSSR count). The third-order valence-electron chi connectivity index (χ3n) is 17.2. The van der Waals surface area contributed by atoms with Gasteiger partial charge in [0.15, 0.2) is 0 Å². The Morgan fingerprint density at radius 2 is 0.711 bits per heavy atom. The minimum absolute atomic E-state index is 0.277. The number of hydrogen-bond acceptors (Lipinski definition) is 36. The van der Waals surface area contributed by atoms with Crippen molar-refractivity contribution in [3.8, 4) is 12.1 Å². The minimum Gasteiger partial charge on any atom is -0.380 e. The minimum atomic E-state index is -0.458. The Hall–Kier alpha value is -13.5. The van der Waals surface area contributed by atoms with Crippen LogP contribution in [0.3, 0.4) is 0 Å². The molecule has 0 fully saturated rings. The number of pyridine rings is 11. The van der Waals surface area contributed by atoms with Crippen LogP contribution in [0.15, 0.2) is 275 Å². The van der Waals surface area contributed by atoms with E-state index in [1.54, 1.807) is 235 Å². The molecule has 0 aliphatic rings. The number of methoxy groups -OCH3 is 15. The molecule has 149 heavy (non-hydrogen) atoms. The van der Waals surface area contributed by atoms with E-state index in [2.05, 4.69) is 111 Å². The van der Waals surface area contributed by atoms with Crippen LogP contribution in [0.4, 0.5) is 13.2 Å². The van der Waals surface area contributed by atoms with Crippen LogP contribution >= 0.6 is 50.7 Å². The lowest BCUT2D eigenvalue weighted by molar-refractivity contribution is 0.180. The Bertz CT molecular complexity index is 5490. The van der Waals surface area contributed by atoms with Gasteiger partial charge in [-0.3, -0.25) is 29.9 Å². The first-order valence-electron chi connectivity index (χ1n) is 44.4. The molecule has 0 bridgehead atoms. The third-order valence-corrected chi connectivity index (χ3v) is 18.9. The molecule has 0 radical (unpaired) electrons. The number of halogens is 7. The maximum Gasteiger partial charge on any atom is 0.218 e. The molecule has 0 aromatic carbocycles. The highest BCUT2D eigenvalue weighted by molar-refractivity contribution is 9.10. The summed E-state index contributed by atoms with van der Waals surface area (Å²) in [6.07, 6.45) is 37.4. The van der Waals surface area contributed by atoms with Crippen LogP contribution in [0.5, 0.6) is 0 Å². The number of nitriles is 2. The fourth-order valence-corrected chi connectivity index (χ4v) is 11.2. The quantitative estimate of drug-likeness (QED) is 0.0298. The summed E-state index contributed by atoms with van der Waals surface area (Å²) in [7, 11) is 24.4. The summed E-state index contributed by atoms with van der Waals surface area (Å²) in [5.41, 5.74) is 18.2. The molecule has 0 aliphatic heterocycles. The summed E-state index contributed by atoms with van der Waals surface area (Å²) in [6.45, 7) is 14.0. The van der Waals surface area contributed by atoms with Crippen LogP contribution in [0.2, 0.25) is 15.3 Å². The van der Waals surface area contributed by atoms with Crippen molar-refractivity contribution in [2.75, 3.05) is 107 Å². The molecule has 15 heterocycles. The SMILES string of the molecule is COCc1ccc(C#N)nc1.COCc1ccc(C)nc1.COCc1ccc(F)nc1.COCc1cccnc1.COCc1cccnc1C.COCc1cccnc1C#N.COCc1cccnc1Cl.COCc1cccnc1F.COCc1ccnnc1.COCc1ccnnc1.COCc1cncc(Cl)c1.COCc1cncc(F)c1.COCc1cncnc1.COCc1cncnc1Cl.COCc1nccc(Br)c1C. The highest BCUT2D eigenvalue weighted by Gasteiger charge is 2.06. The summed E-state index contributed by atoms with van der Waals surface area (Å²) in [5, 5.41) is 33.2. The Morgan fingerprint density at radius 1 is 0.289 bits per heavy atom. The van der Waals surface area contributed by atoms with Gasteiger partial charge in [-0.05, 0) is 155 Å². The third kappa shape index (κ3) is 67.9. The van der Waals surface area contributed by atoms with Crippen LogP contribution in [-0.2, 0) is 170 Å². The molecule has 0 unspecified atom stereocenters. The fraction of sp³-hybridized carbons (Fsp3) is 0.311. The first-order valence-corrected chi connectivity index (χ1v) is 46.4. The number of hydrogen-bond donors (Lipinski definition) is 0. The smallest absolute Gasteiger partial charge is 0.218 e. The first-order chi connectivity index (χ1) is 72.4. The Morgan fingerprint density at radius 3 is 1.17 bits per heavy atom. The van der Waals surface area contributed by atoms with Crippen LogP contribution in [0.1, 0.15) is 112 Å². The van der Waals surface area contributed by atoms with Crippen molar-refractivity contribution in [1.29, 1.82) is 10.5 Å². The molecule has 0 saturated carbocycles. The molecule has 0 aliphatic carbocycles. The molecular formula is C106H128BrCl3F3N21O15. The van der Waals surface area contributed by atoms with Crippen molar-refractivity contribution < 1.29 is 84.2 Å². The molecule has 0 N–H and O–H groups in total. The Balaban J connectivity index is 0.000000799. The standard InChI is InChI=1S/C8H10BrNO.2C8H8N2O.2C8H11NO.2C7H8ClNO.3C7H8FNO.C7H9NO.C6H7ClN2O.3C6H8N2O/c1-6-7(9)3-4-10-8(6)5-11-2;1-11-6-7-2-3-8(4-9)10-5-7;1-11-6-7-3-2-4-10-8(7)5-9;1-7-3-4-8(5-9-7)6-10-2;1-7-8(6-10-2)4-3-5-9-7;1-10-5-6-2-7(8)4-9-3-6;1-10-5-6-3-2-4-9-7(6)8;1-10-5-6-2-7(8)4-9-3-6;1-10-5-6-2-3-7(8)9-4-6;1-10-5-6-3-2-4-9-7(6)8;1-9-6-7-3-2-4-8-5-7;1-10-3-5-2-8-4-9-6(5)7;1-9-4-6-2-7-5-8-3-6;2*1-9-5-6-2-3-7-8-4-6/h3-4H,5H2,1-2H3;2-3,5H,6H2,1H3;2-4H,6H2,1H3;2*3-5H,6H2,1-2H3;5*2-4H,5H2,1H3;2-5H,6H2,1H3;2,4H,3H2,1H3;2-3,5H,4H2,1H3;2*2-4H,5H2,1H3. The maximum atomic E-state index is 12.6. The van der Waals surface area contributed by atoms with Gasteiger partial charge >= 0.3 is 0 Å². The number of ether oxygens (including phenoxy) is 15. The highest BCUT2D eigenvalue weighted by Crippen LogP contribution is 2.19. The molecular weight excluding hydrogens is 2050 g/mol. The van der Waals surface area contributed by atoms with Crippen molar-refractivity contribution in [3.63, 3.8) is 0 Å². The van der Waals surface area contributed by atoms with Gasteiger partial charge in [0.2, 0.25) is 11.9 Å². The average Bonchev–Trinajstić information content (AvgIpc) is 0.837. The van der Waals surface area contributed by atoms with E-state index >= 15 is 0 Å². The number of rotatable bonds is 30. The van der Waals surface area contributed by atoms with Crippen molar-refractivity contribution in [1.82, 2.24) is 95.2 Å². The largest absolute Gasteiger partial charge is 0.380 e. The molecule has 36 nitrogen and oxygen atoms in total. The van der Waals surface area contributed by atoms with E-state index in [1.165, 1.54) is 50.5 Å². The normalized spacial score (nSPS) is 9.63. The molecule has 796 valence electrons. The molecule has 15 aromatic rings. The van der Waals surface area contributed by atoms with Crippen molar-refractivity contribution in [2.45, 2.75) is 120 Å². The van der Waals surface area contributed by atoms with Gasteiger partial charge in [-0.1, -0.05) is 99.3 Å². The maximum absolute atomic E-state index is 12.6. The van der Waals surface area contributed by atoms with Crippen LogP contribution < -0.4 is 0 Å². The lowest BCUT2D eigenvalue weighted by Crippen LogP contribution is -1.95. The predicted octanol–water partition coefficient (Wildman–Crippen LogP) is 19.8. The van der Waals surface area contributed by atoms with Gasteiger partial charge < -0.3 is 71.1 Å². The zero-order chi connectivity index (χ0) is 110. The van der Waals surface area contributed by atoms with Crippen molar-refractivity contribution in [2.24, 2.45) is 0 Å². The Labute approximate surface area is 893 Å². The first kappa shape index (κ1) is 133. The summed E-state index contributed by atoms with van der Waals surface area (Å²) in [5.74, 6) is -1.24. The van der Waals surface area contributed by atoms with Gasteiger partial charge in [-0.25, -0.2) is 49.2 Å². The second kappa shape index (κ2) is 90.8. The molecule has 0 saturated heterocycles. The highest BCUT2D eigenvalue weighted by atomic mass is 79.9. The van der Waals surface area contributed by atoms with E-state index in [4.69, 9.17) is 116 Å². The topological polar surface area (TPSA) is 431 Å². The van der Waals surface area contributed by atoms with E-state index in [-0.39, 0.29) is 12.4 Å². The summed E-state index contributed by atoms with van der Waals surface area (Å²) in [6, 6.07) is 41.8. The molecule has 15 aromatic heterocycles. The number of aryl methyl sites for hydroxylation is 2. The number of aromatic nitrogens is 19. The van der Waals surface area contributed by atoms with E-state index in [1.807, 2.05) is 124 Å². The van der Waals surface area contributed by atoms with E-state index < -0.39 is 11.9 Å². The van der Waals surface area contributed by atoms with E-state index in [9.17, 15) is 13.2 Å². The van der Waals surface area contributed by atoms with E-state index in [0.29, 0.717) is 125 Å². The van der Waals surface area contributed by atoms with Gasteiger partial charge in [0.25, 0.3) is 0 Å². The predicted molar refractivity (Wildman–Crippen MR) is 562 cm³/mol. The summed E-state index contributed by atoms with van der Waals surface area (Å²) in [4.78, 5) is 57.6. The second-order valence-electron chi connectivity index (χ2n) is 29.1. The molecule has 0 atom stereocenters. The zero-order valence-corrected chi connectivity index (χ0v) is 90.5. The lowest BCUT2D eigenvalue weighted by Gasteiger charge is -2.03. The van der Waals surface area contributed by atoms with Crippen LogP contribution in [0.25, 0.3) is 0 Å². The van der Waals surface area contributed by atoms with Gasteiger partial charge in [0.05, 0.1) is 128 Å². The van der Waals surface area contributed by atoms with Gasteiger partial charge in [-0.2, -0.15) is 39.7 Å². The number of nitrogens with zero attached hydrogens (tertiary/aromatic N) is 21. The average molecular weight is 2180 g/mol. The molecule has 43 heteroatoms. The Kier molecular flexibility index (Phi) is 81.3. The van der Waals surface area contributed by atoms with E-state index in [0.717, 1.165) is 99.4 Å². The van der Waals surface area contributed by atoms with Gasteiger partial charge in [-0.15, -0.1) is 0 Å². The second-order valence-corrected chi connectivity index (χ2v) is 31.1. The molecule has 0 amide bonds. The zero-order valence-electron chi connectivity index (χ0n) is 86.7. The fourth-order valence-electron chi connectivity index (χ4n) is 10.3. The van der Waals surface area contributed by atoms with Crippen molar-refractivity contribution >= 4 is 50.7 Å². The van der Waals surface area contributed by atoms with Gasteiger partial charge in [0.1, 0.15) is 52.3 Å². The lowest BCUT2D eigenvalue weighted by atomic mass is 10.2. The summed E-state index contributed by atoms with van der Waals surface area (Å²) < 4.78 is 111. The van der Waals surface area contributed by atoms with Gasteiger partial charge in [0, 0.05) is 262 Å².